The fraction of sp³-hybridized carbons (Fsp3) is 0.667. The van der Waals surface area contributed by atoms with E-state index >= 15 is 0 Å². The van der Waals surface area contributed by atoms with E-state index in [1.54, 1.807) is 0 Å². The molecule has 0 saturated carbocycles. The second-order valence-corrected chi connectivity index (χ2v) is 6.09. The van der Waals surface area contributed by atoms with Gasteiger partial charge in [0.25, 0.3) is 5.56 Å². The smallest absolute Gasteiger partial charge is 0.330 e. The van der Waals surface area contributed by atoms with Gasteiger partial charge in [0.05, 0.1) is 12.7 Å². The zero-order valence-electron chi connectivity index (χ0n) is 14.8. The molecule has 0 aromatic carbocycles. The number of hydrogen-bond acceptors (Lipinski definition) is 11. The summed E-state index contributed by atoms with van der Waals surface area (Å²) in [6, 6.07) is 1.09. The highest BCUT2D eigenvalue weighted by Crippen LogP contribution is 2.27. The highest BCUT2D eigenvalue weighted by molar-refractivity contribution is 5.56. The van der Waals surface area contributed by atoms with Crippen LogP contribution in [-0.2, 0) is 9.53 Å². The van der Waals surface area contributed by atoms with Gasteiger partial charge in [0, 0.05) is 12.3 Å². The second-order valence-electron chi connectivity index (χ2n) is 6.09. The Hall–Kier alpha value is -1.97. The van der Waals surface area contributed by atoms with E-state index < -0.39 is 66.8 Å². The van der Waals surface area contributed by atoms with E-state index in [1.807, 2.05) is 4.98 Å². The molecule has 1 aromatic heterocycles. The number of aliphatic hydroxyl groups excluding tert-OH is 7. The Kier molecular flexibility index (Phi) is 9.06. The van der Waals surface area contributed by atoms with Crippen LogP contribution in [0.5, 0.6) is 0 Å². The Morgan fingerprint density at radius 3 is 2.21 bits per heavy atom. The quantitative estimate of drug-likeness (QED) is 0.208. The summed E-state index contributed by atoms with van der Waals surface area (Å²) in [4.78, 5) is 34.2. The zero-order chi connectivity index (χ0) is 21.6. The van der Waals surface area contributed by atoms with Crippen molar-refractivity contribution in [3.63, 3.8) is 0 Å². The fourth-order valence-corrected chi connectivity index (χ4v) is 2.31. The number of aromatic nitrogens is 2. The highest BCUT2D eigenvalue weighted by atomic mass is 16.6. The lowest BCUT2D eigenvalue weighted by atomic mass is 10.1. The predicted octanol–water partition coefficient (Wildman–Crippen LogP) is -5.20. The summed E-state index contributed by atoms with van der Waals surface area (Å²) in [5, 5.41) is 63.2. The Balaban J connectivity index is 0.000000311. The monoisotopic (exact) mass is 408 g/mol. The van der Waals surface area contributed by atoms with Crippen LogP contribution in [0.25, 0.3) is 0 Å². The molecule has 1 aliphatic heterocycles. The molecule has 1 saturated heterocycles. The van der Waals surface area contributed by atoms with Gasteiger partial charge in [-0.25, -0.2) is 4.79 Å². The van der Waals surface area contributed by atoms with E-state index in [1.165, 1.54) is 6.92 Å². The zero-order valence-corrected chi connectivity index (χ0v) is 14.8. The van der Waals surface area contributed by atoms with Crippen molar-refractivity contribution in [1.82, 2.24) is 9.55 Å². The molecule has 2 rings (SSSR count). The summed E-state index contributed by atoms with van der Waals surface area (Å²) >= 11 is 0. The second kappa shape index (κ2) is 10.5. The van der Waals surface area contributed by atoms with Crippen molar-refractivity contribution in [1.29, 1.82) is 0 Å². The van der Waals surface area contributed by atoms with Crippen molar-refractivity contribution >= 4 is 6.29 Å². The van der Waals surface area contributed by atoms with Gasteiger partial charge in [-0.05, 0) is 6.92 Å². The van der Waals surface area contributed by atoms with E-state index in [2.05, 4.69) is 0 Å². The molecule has 2 heterocycles. The fourth-order valence-electron chi connectivity index (χ4n) is 2.31. The maximum Gasteiger partial charge on any atom is 0.330 e. The summed E-state index contributed by atoms with van der Waals surface area (Å²) in [5.41, 5.74) is -1.33. The molecular formula is C15H24N2O11. The number of ether oxygens (including phenoxy) is 1. The number of carbonyl (C=O) groups is 1. The molecule has 0 radical (unpaired) electrons. The van der Waals surface area contributed by atoms with Crippen LogP contribution in [0.15, 0.2) is 21.9 Å². The van der Waals surface area contributed by atoms with Crippen LogP contribution in [0.2, 0.25) is 0 Å². The van der Waals surface area contributed by atoms with Crippen molar-refractivity contribution in [2.45, 2.75) is 55.9 Å². The third-order valence-corrected chi connectivity index (χ3v) is 3.98. The largest absolute Gasteiger partial charge is 0.394 e. The summed E-state index contributed by atoms with van der Waals surface area (Å²) < 4.78 is 6.08. The third kappa shape index (κ3) is 5.76. The van der Waals surface area contributed by atoms with Gasteiger partial charge in [0.15, 0.2) is 12.5 Å². The molecule has 1 fully saturated rings. The minimum absolute atomic E-state index is 0.0935. The van der Waals surface area contributed by atoms with Crippen LogP contribution in [0.4, 0.5) is 0 Å². The van der Waals surface area contributed by atoms with Gasteiger partial charge in [0.1, 0.15) is 36.6 Å². The Morgan fingerprint density at radius 2 is 1.79 bits per heavy atom. The molecule has 0 aliphatic carbocycles. The minimum atomic E-state index is -1.65. The third-order valence-electron chi connectivity index (χ3n) is 3.98. The molecule has 0 amide bonds. The molecule has 1 aliphatic rings. The SMILES string of the molecule is CC(O)C(O)C(O)C(O)C=O.O=c1ccn([C@@H]2O[C@H](CO)[C@@H](O)[C@H]2O)c(=O)[nH]1. The number of aromatic amines is 1. The first-order valence-electron chi connectivity index (χ1n) is 8.16. The lowest BCUT2D eigenvalue weighted by Gasteiger charge is -2.21. The van der Waals surface area contributed by atoms with E-state index in [9.17, 15) is 24.6 Å². The number of nitrogens with one attached hydrogen (secondary N) is 1. The van der Waals surface area contributed by atoms with Gasteiger partial charge >= 0.3 is 5.69 Å². The predicted molar refractivity (Wildman–Crippen MR) is 90.1 cm³/mol. The molecule has 1 aromatic rings. The first kappa shape index (κ1) is 24.1. The van der Waals surface area contributed by atoms with Crippen LogP contribution in [-0.4, -0.2) is 101 Å². The van der Waals surface area contributed by atoms with Gasteiger partial charge in [-0.2, -0.15) is 0 Å². The summed E-state index contributed by atoms with van der Waals surface area (Å²) in [6.07, 6.45) is -9.46. The highest BCUT2D eigenvalue weighted by Gasteiger charge is 2.43. The number of aliphatic hydroxyl groups is 7. The van der Waals surface area contributed by atoms with Crippen LogP contribution in [0.1, 0.15) is 13.2 Å². The van der Waals surface area contributed by atoms with Crippen LogP contribution in [0.3, 0.4) is 0 Å². The Bertz CT molecular complexity index is 733. The van der Waals surface area contributed by atoms with Crippen molar-refractivity contribution in [2.24, 2.45) is 0 Å². The van der Waals surface area contributed by atoms with E-state index in [-0.39, 0.29) is 6.29 Å². The number of nitrogens with zero attached hydrogens (tertiary/aromatic N) is 1. The molecule has 0 bridgehead atoms. The van der Waals surface area contributed by atoms with Crippen molar-refractivity contribution in [2.75, 3.05) is 6.61 Å². The average Bonchev–Trinajstić information content (AvgIpc) is 2.94. The minimum Gasteiger partial charge on any atom is -0.394 e. The lowest BCUT2D eigenvalue weighted by Crippen LogP contribution is -2.43. The molecule has 8 N–H and O–H groups in total. The summed E-state index contributed by atoms with van der Waals surface area (Å²) in [5.74, 6) is 0. The van der Waals surface area contributed by atoms with E-state index in [0.717, 1.165) is 16.8 Å². The molecule has 13 heteroatoms. The van der Waals surface area contributed by atoms with Gasteiger partial charge < -0.3 is 45.3 Å². The number of hydrogen-bond donors (Lipinski definition) is 8. The average molecular weight is 408 g/mol. The number of carbonyl (C=O) groups excluding carboxylic acids is 1. The number of H-pyrrole nitrogens is 1. The first-order chi connectivity index (χ1) is 13.0. The lowest BCUT2D eigenvalue weighted by molar-refractivity contribution is -0.132. The van der Waals surface area contributed by atoms with Crippen LogP contribution < -0.4 is 11.2 Å². The molecular weight excluding hydrogens is 384 g/mol. The molecule has 8 atom stereocenters. The molecule has 160 valence electrons. The molecule has 28 heavy (non-hydrogen) atoms. The van der Waals surface area contributed by atoms with Crippen LogP contribution in [0, 0.1) is 0 Å². The molecule has 13 nitrogen and oxygen atoms in total. The van der Waals surface area contributed by atoms with Crippen molar-refractivity contribution in [3.05, 3.63) is 33.1 Å². The number of aldehydes is 1. The topological polar surface area (TPSA) is 223 Å². The molecule has 0 spiro atoms. The van der Waals surface area contributed by atoms with Gasteiger partial charge in [0.2, 0.25) is 0 Å². The van der Waals surface area contributed by atoms with Crippen molar-refractivity contribution in [3.8, 4) is 0 Å². The summed E-state index contributed by atoms with van der Waals surface area (Å²) in [6.45, 7) is 0.762. The van der Waals surface area contributed by atoms with Gasteiger partial charge in [-0.1, -0.05) is 0 Å². The van der Waals surface area contributed by atoms with Crippen molar-refractivity contribution < 1.29 is 45.3 Å². The summed E-state index contributed by atoms with van der Waals surface area (Å²) in [7, 11) is 0. The van der Waals surface area contributed by atoms with E-state index in [0.29, 0.717) is 0 Å². The maximum absolute atomic E-state index is 11.4. The molecule has 4 unspecified atom stereocenters. The van der Waals surface area contributed by atoms with Crippen LogP contribution >= 0.6 is 0 Å². The van der Waals surface area contributed by atoms with Gasteiger partial charge in [-0.15, -0.1) is 0 Å². The standard InChI is InChI=1S/C9H12N2O6.C6H12O5/c12-3-4-6(14)7(15)8(17-4)11-2-1-5(13)10-9(11)16;1-3(8)5(10)6(11)4(9)2-7/h1-2,4,6-8,12,14-15H,3H2,(H,10,13,16);2-6,8-11H,1H3/t4-,6-,7-,8-;/m1./s1. The Morgan fingerprint density at radius 1 is 1.18 bits per heavy atom. The first-order valence-corrected chi connectivity index (χ1v) is 8.16. The number of rotatable bonds is 6. The maximum atomic E-state index is 11.4. The van der Waals surface area contributed by atoms with E-state index in [4.69, 9.17) is 30.3 Å². The normalized spacial score (nSPS) is 28.6. The Labute approximate surface area is 157 Å². The van der Waals surface area contributed by atoms with Gasteiger partial charge in [-0.3, -0.25) is 14.3 Å².